The highest BCUT2D eigenvalue weighted by Gasteiger charge is 2.08. The number of hydrogen-bond acceptors (Lipinski definition) is 5. The van der Waals surface area contributed by atoms with Gasteiger partial charge in [-0.3, -0.25) is 4.79 Å². The lowest BCUT2D eigenvalue weighted by Crippen LogP contribution is -2.24. The summed E-state index contributed by atoms with van der Waals surface area (Å²) >= 11 is 0. The van der Waals surface area contributed by atoms with Crippen molar-refractivity contribution in [3.63, 3.8) is 0 Å². The summed E-state index contributed by atoms with van der Waals surface area (Å²) < 4.78 is 0. The molecule has 0 saturated carbocycles. The molecule has 114 valence electrons. The van der Waals surface area contributed by atoms with Gasteiger partial charge in [0.25, 0.3) is 5.91 Å². The summed E-state index contributed by atoms with van der Waals surface area (Å²) in [5.74, 6) is 0.153. The first kappa shape index (κ1) is 14.6. The molecule has 0 bridgehead atoms. The van der Waals surface area contributed by atoms with Crippen molar-refractivity contribution in [2.75, 3.05) is 0 Å². The van der Waals surface area contributed by atoms with Gasteiger partial charge in [0.15, 0.2) is 0 Å². The van der Waals surface area contributed by atoms with Crippen LogP contribution in [-0.2, 0) is 11.3 Å². The molecule has 2 aromatic carbocycles. The van der Waals surface area contributed by atoms with Crippen molar-refractivity contribution in [1.82, 2.24) is 25.6 Å². The van der Waals surface area contributed by atoms with Gasteiger partial charge in [0.05, 0.1) is 6.21 Å². The fourth-order valence-electron chi connectivity index (χ4n) is 1.89. The Labute approximate surface area is 132 Å². The van der Waals surface area contributed by atoms with Crippen LogP contribution in [-0.4, -0.2) is 32.3 Å². The zero-order chi connectivity index (χ0) is 15.9. The Kier molecular flexibility index (Phi) is 4.49. The van der Waals surface area contributed by atoms with Gasteiger partial charge in [-0.2, -0.15) is 9.90 Å². The third-order valence-electron chi connectivity index (χ3n) is 2.97. The highest BCUT2D eigenvalue weighted by molar-refractivity contribution is 5.82. The van der Waals surface area contributed by atoms with Crippen LogP contribution in [0.25, 0.3) is 11.4 Å². The fraction of sp³-hybridized carbons (Fsp3) is 0.0625. The van der Waals surface area contributed by atoms with Gasteiger partial charge in [-0.05, 0) is 10.8 Å². The lowest BCUT2D eigenvalue weighted by atomic mass is 10.2. The minimum absolute atomic E-state index is 0.0496. The molecule has 3 aromatic rings. The zero-order valence-electron chi connectivity index (χ0n) is 12.2. The van der Waals surface area contributed by atoms with E-state index in [1.54, 1.807) is 6.21 Å². The van der Waals surface area contributed by atoms with Crippen LogP contribution in [0.15, 0.2) is 65.8 Å². The van der Waals surface area contributed by atoms with Crippen LogP contribution in [0.3, 0.4) is 0 Å². The van der Waals surface area contributed by atoms with Crippen molar-refractivity contribution in [2.24, 2.45) is 5.10 Å². The highest BCUT2D eigenvalue weighted by Crippen LogP contribution is 2.11. The summed E-state index contributed by atoms with van der Waals surface area (Å²) in [5.41, 5.74) is 4.18. The van der Waals surface area contributed by atoms with E-state index in [1.807, 2.05) is 60.7 Å². The monoisotopic (exact) mass is 306 g/mol. The Morgan fingerprint density at radius 2 is 1.78 bits per heavy atom. The van der Waals surface area contributed by atoms with Gasteiger partial charge in [-0.1, -0.05) is 60.7 Å². The predicted octanol–water partition coefficient (Wildman–Crippen LogP) is 1.49. The van der Waals surface area contributed by atoms with E-state index in [4.69, 9.17) is 0 Å². The Morgan fingerprint density at radius 3 is 2.52 bits per heavy atom. The van der Waals surface area contributed by atoms with E-state index in [0.717, 1.165) is 11.1 Å². The van der Waals surface area contributed by atoms with E-state index in [9.17, 15) is 4.79 Å². The van der Waals surface area contributed by atoms with Crippen molar-refractivity contribution in [1.29, 1.82) is 0 Å². The van der Waals surface area contributed by atoms with Gasteiger partial charge in [-0.15, -0.1) is 10.2 Å². The van der Waals surface area contributed by atoms with Crippen LogP contribution in [0, 0.1) is 0 Å². The Bertz CT molecular complexity index is 798. The molecule has 0 aliphatic heterocycles. The van der Waals surface area contributed by atoms with Crippen LogP contribution < -0.4 is 5.43 Å². The third kappa shape index (κ3) is 4.07. The summed E-state index contributed by atoms with van der Waals surface area (Å²) in [6, 6.07) is 18.9. The van der Waals surface area contributed by atoms with Gasteiger partial charge < -0.3 is 0 Å². The second-order valence-electron chi connectivity index (χ2n) is 4.71. The lowest BCUT2D eigenvalue weighted by Gasteiger charge is -1.98. The van der Waals surface area contributed by atoms with E-state index in [0.29, 0.717) is 5.82 Å². The number of amides is 1. The number of hydrazone groups is 1. The Balaban J connectivity index is 1.56. The van der Waals surface area contributed by atoms with Crippen molar-refractivity contribution in [3.8, 4) is 11.4 Å². The summed E-state index contributed by atoms with van der Waals surface area (Å²) in [7, 11) is 0. The molecular weight excluding hydrogens is 292 g/mol. The van der Waals surface area contributed by atoms with Gasteiger partial charge in [0, 0.05) is 5.56 Å². The molecule has 0 spiro atoms. The number of carbonyl (C=O) groups excluding carboxylic acids is 1. The number of nitrogens with one attached hydrogen (secondary N) is 1. The van der Waals surface area contributed by atoms with Gasteiger partial charge in [0.2, 0.25) is 5.82 Å². The number of benzene rings is 2. The molecule has 0 fully saturated rings. The lowest BCUT2D eigenvalue weighted by molar-refractivity contribution is -0.122. The molecule has 1 amide bonds. The molecule has 0 unspecified atom stereocenters. The van der Waals surface area contributed by atoms with Crippen molar-refractivity contribution < 1.29 is 4.79 Å². The summed E-state index contributed by atoms with van der Waals surface area (Å²) in [4.78, 5) is 13.0. The highest BCUT2D eigenvalue weighted by atomic mass is 16.2. The standard InChI is InChI=1S/C16H14N6O/c23-15(18-17-11-13-7-3-1-4-8-13)12-22-20-16(19-21-22)14-9-5-2-6-10-14/h1-11H,12H2,(H,18,23). The molecule has 0 aliphatic rings. The fourth-order valence-corrected chi connectivity index (χ4v) is 1.89. The normalized spacial score (nSPS) is 10.8. The molecule has 0 saturated heterocycles. The molecular formula is C16H14N6O. The SMILES string of the molecule is O=C(Cn1nnc(-c2ccccc2)n1)NN=Cc1ccccc1. The second kappa shape index (κ2) is 7.08. The van der Waals surface area contributed by atoms with Crippen LogP contribution in [0.4, 0.5) is 0 Å². The van der Waals surface area contributed by atoms with Crippen LogP contribution in [0.5, 0.6) is 0 Å². The molecule has 23 heavy (non-hydrogen) atoms. The summed E-state index contributed by atoms with van der Waals surface area (Å²) in [5, 5.41) is 15.8. The first-order chi connectivity index (χ1) is 11.3. The molecule has 1 N–H and O–H groups in total. The molecule has 0 aliphatic carbocycles. The molecule has 1 heterocycles. The minimum atomic E-state index is -0.325. The quantitative estimate of drug-likeness (QED) is 0.571. The van der Waals surface area contributed by atoms with E-state index in [1.165, 1.54) is 4.80 Å². The first-order valence-corrected chi connectivity index (χ1v) is 7.01. The average molecular weight is 306 g/mol. The topological polar surface area (TPSA) is 85.1 Å². The van der Waals surface area contributed by atoms with E-state index in [2.05, 4.69) is 25.9 Å². The summed E-state index contributed by atoms with van der Waals surface area (Å²) in [6.45, 7) is -0.0496. The smallest absolute Gasteiger partial charge is 0.263 e. The number of carbonyl (C=O) groups is 1. The van der Waals surface area contributed by atoms with Crippen LogP contribution in [0.2, 0.25) is 0 Å². The summed E-state index contributed by atoms with van der Waals surface area (Å²) in [6.07, 6.45) is 1.57. The maximum absolute atomic E-state index is 11.8. The maximum atomic E-state index is 11.8. The number of hydrogen-bond donors (Lipinski definition) is 1. The number of rotatable bonds is 5. The number of aromatic nitrogens is 4. The second-order valence-corrected chi connectivity index (χ2v) is 4.71. The largest absolute Gasteiger partial charge is 0.271 e. The van der Waals surface area contributed by atoms with Crippen LogP contribution >= 0.6 is 0 Å². The molecule has 7 nitrogen and oxygen atoms in total. The van der Waals surface area contributed by atoms with Crippen LogP contribution in [0.1, 0.15) is 5.56 Å². The molecule has 0 atom stereocenters. The molecule has 1 aromatic heterocycles. The minimum Gasteiger partial charge on any atom is -0.271 e. The Hall–Kier alpha value is -3.35. The van der Waals surface area contributed by atoms with E-state index in [-0.39, 0.29) is 12.5 Å². The van der Waals surface area contributed by atoms with Crippen molar-refractivity contribution in [2.45, 2.75) is 6.54 Å². The zero-order valence-corrected chi connectivity index (χ0v) is 12.2. The molecule has 3 rings (SSSR count). The van der Waals surface area contributed by atoms with Gasteiger partial charge in [-0.25, -0.2) is 5.43 Å². The third-order valence-corrected chi connectivity index (χ3v) is 2.97. The van der Waals surface area contributed by atoms with Crippen molar-refractivity contribution in [3.05, 3.63) is 66.2 Å². The predicted molar refractivity (Wildman–Crippen MR) is 85.4 cm³/mol. The molecule has 0 radical (unpaired) electrons. The van der Waals surface area contributed by atoms with Gasteiger partial charge in [0.1, 0.15) is 6.54 Å². The molecule has 7 heteroatoms. The van der Waals surface area contributed by atoms with E-state index < -0.39 is 0 Å². The van der Waals surface area contributed by atoms with Crippen molar-refractivity contribution >= 4 is 12.1 Å². The maximum Gasteiger partial charge on any atom is 0.263 e. The van der Waals surface area contributed by atoms with E-state index >= 15 is 0 Å². The first-order valence-electron chi connectivity index (χ1n) is 7.01. The number of tetrazole rings is 1. The average Bonchev–Trinajstić information content (AvgIpc) is 3.05. The number of nitrogens with zero attached hydrogens (tertiary/aromatic N) is 5. The van der Waals surface area contributed by atoms with Gasteiger partial charge >= 0.3 is 0 Å². The Morgan fingerprint density at radius 1 is 1.09 bits per heavy atom.